The van der Waals surface area contributed by atoms with Crippen molar-refractivity contribution in [3.63, 3.8) is 0 Å². The number of hydrogen-bond donors (Lipinski definition) is 1. The Hall–Kier alpha value is -3.07. The molecule has 2 aromatic carbocycles. The van der Waals surface area contributed by atoms with Crippen LogP contribution in [0.25, 0.3) is 22.6 Å². The van der Waals surface area contributed by atoms with E-state index in [0.29, 0.717) is 55.8 Å². The molecular weight excluding hydrogens is 527 g/mol. The molecule has 0 radical (unpaired) electrons. The van der Waals surface area contributed by atoms with Crippen LogP contribution in [0, 0.1) is 0 Å². The van der Waals surface area contributed by atoms with Gasteiger partial charge >= 0.3 is 5.97 Å². The quantitative estimate of drug-likeness (QED) is 0.263. The zero-order valence-electron chi connectivity index (χ0n) is 19.2. The molecule has 2 heterocycles. The summed E-state index contributed by atoms with van der Waals surface area (Å²) in [6, 6.07) is 10.6. The van der Waals surface area contributed by atoms with Gasteiger partial charge in [-0.3, -0.25) is 4.79 Å². The van der Waals surface area contributed by atoms with Crippen LogP contribution in [0.3, 0.4) is 0 Å². The Labute approximate surface area is 221 Å². The lowest BCUT2D eigenvalue weighted by molar-refractivity contribution is -0.137. The highest BCUT2D eigenvalue weighted by Crippen LogP contribution is 2.41. The number of carbonyl (C=O) groups is 1. The maximum Gasteiger partial charge on any atom is 0.306 e. The van der Waals surface area contributed by atoms with Gasteiger partial charge < -0.3 is 19.1 Å². The first-order chi connectivity index (χ1) is 17.2. The van der Waals surface area contributed by atoms with Gasteiger partial charge in [0.2, 0.25) is 5.88 Å². The van der Waals surface area contributed by atoms with E-state index in [1.807, 2.05) is 17.6 Å². The third kappa shape index (κ3) is 5.21. The van der Waals surface area contributed by atoms with Crippen LogP contribution in [0.1, 0.15) is 31.7 Å². The molecule has 4 aromatic rings. The molecule has 8 nitrogen and oxygen atoms in total. The first-order valence-electron chi connectivity index (χ1n) is 11.2. The average Bonchev–Trinajstić information content (AvgIpc) is 3.44. The number of carboxylic acid groups (broad SMARTS) is 1. The van der Waals surface area contributed by atoms with E-state index in [1.165, 1.54) is 6.33 Å². The molecule has 0 saturated heterocycles. The normalized spacial score (nSPS) is 14.1. The minimum absolute atomic E-state index is 0.0376. The highest BCUT2D eigenvalue weighted by Gasteiger charge is 2.41. The van der Waals surface area contributed by atoms with E-state index in [2.05, 4.69) is 9.97 Å². The maximum absolute atomic E-state index is 10.8. The summed E-state index contributed by atoms with van der Waals surface area (Å²) in [6.07, 6.45) is 3.25. The topological polar surface area (TPSA) is 99.4 Å². The lowest BCUT2D eigenvalue weighted by atomic mass is 10.2. The Balaban J connectivity index is 1.58. The summed E-state index contributed by atoms with van der Waals surface area (Å²) >= 11 is 19.0. The van der Waals surface area contributed by atoms with Crippen LogP contribution in [0.2, 0.25) is 15.1 Å². The van der Waals surface area contributed by atoms with Crippen molar-refractivity contribution < 1.29 is 19.4 Å². The van der Waals surface area contributed by atoms with Gasteiger partial charge in [0.1, 0.15) is 23.5 Å². The van der Waals surface area contributed by atoms with E-state index < -0.39 is 5.97 Å². The van der Waals surface area contributed by atoms with Crippen LogP contribution in [0.5, 0.6) is 11.6 Å². The highest BCUT2D eigenvalue weighted by molar-refractivity contribution is 6.42. The van der Waals surface area contributed by atoms with E-state index in [0.717, 1.165) is 18.4 Å². The fourth-order valence-electron chi connectivity index (χ4n) is 3.70. The van der Waals surface area contributed by atoms with Crippen molar-refractivity contribution >= 4 is 51.9 Å². The largest absolute Gasteiger partial charge is 0.493 e. The lowest BCUT2D eigenvalue weighted by Crippen LogP contribution is -2.13. The van der Waals surface area contributed by atoms with Crippen LogP contribution in [-0.2, 0) is 11.3 Å². The standard InChI is InChI=1S/C25H21Cl3N4O4/c1-25(7-8-25)36-24-21-23(29-13-30-24)32(12-14-2-5-17(26)19(28)10-14)22(31-21)16-4-3-15(11-18(16)27)35-9-6-20(33)34/h2-5,10-11,13H,6-9,12H2,1H3,(H,33,34). The van der Waals surface area contributed by atoms with E-state index in [4.69, 9.17) is 54.4 Å². The van der Waals surface area contributed by atoms with Crippen LogP contribution in [0.15, 0.2) is 42.7 Å². The summed E-state index contributed by atoms with van der Waals surface area (Å²) in [7, 11) is 0. The number of halogens is 3. The minimum Gasteiger partial charge on any atom is -0.493 e. The van der Waals surface area contributed by atoms with E-state index in [9.17, 15) is 4.79 Å². The SMILES string of the molecule is CC1(Oc2ncnc3c2nc(-c2ccc(OCCC(=O)O)cc2Cl)n3Cc2ccc(Cl)c(Cl)c2)CC1. The summed E-state index contributed by atoms with van der Waals surface area (Å²) in [5.41, 5.74) is 2.40. The average molecular weight is 548 g/mol. The first kappa shape index (κ1) is 24.6. The van der Waals surface area contributed by atoms with E-state index >= 15 is 0 Å². The molecule has 1 saturated carbocycles. The maximum atomic E-state index is 10.8. The van der Waals surface area contributed by atoms with Crippen molar-refractivity contribution in [3.8, 4) is 23.0 Å². The molecule has 11 heteroatoms. The van der Waals surface area contributed by atoms with Crippen molar-refractivity contribution in [2.45, 2.75) is 38.3 Å². The molecule has 36 heavy (non-hydrogen) atoms. The highest BCUT2D eigenvalue weighted by atomic mass is 35.5. The summed E-state index contributed by atoms with van der Waals surface area (Å²) < 4.78 is 13.6. The number of aliphatic carboxylic acids is 1. The molecule has 0 aliphatic heterocycles. The lowest BCUT2D eigenvalue weighted by Gasteiger charge is -2.12. The number of fused-ring (bicyclic) bond motifs is 1. The number of imidazole rings is 1. The minimum atomic E-state index is -0.937. The van der Waals surface area contributed by atoms with Gasteiger partial charge in [-0.25, -0.2) is 9.97 Å². The molecule has 0 unspecified atom stereocenters. The second-order valence-electron chi connectivity index (χ2n) is 8.81. The van der Waals surface area contributed by atoms with Crippen molar-refractivity contribution in [2.75, 3.05) is 6.61 Å². The Bertz CT molecular complexity index is 1470. The Kier molecular flexibility index (Phi) is 6.68. The fraction of sp³-hybridized carbons (Fsp3) is 0.280. The van der Waals surface area contributed by atoms with Crippen LogP contribution in [-0.4, -0.2) is 42.8 Å². The number of carboxylic acids is 1. The number of aromatic nitrogens is 4. The summed E-state index contributed by atoms with van der Waals surface area (Å²) in [6.45, 7) is 2.47. The third-order valence-corrected chi connectivity index (χ3v) is 6.94. The summed E-state index contributed by atoms with van der Waals surface area (Å²) in [5.74, 6) is 0.499. The zero-order valence-corrected chi connectivity index (χ0v) is 21.4. The second-order valence-corrected chi connectivity index (χ2v) is 10.0. The summed E-state index contributed by atoms with van der Waals surface area (Å²) in [5, 5.41) is 10.1. The molecule has 0 atom stereocenters. The molecule has 2 aromatic heterocycles. The number of rotatable bonds is 9. The Morgan fingerprint density at radius 1 is 1.08 bits per heavy atom. The molecule has 1 aliphatic carbocycles. The monoisotopic (exact) mass is 546 g/mol. The molecule has 0 spiro atoms. The zero-order chi connectivity index (χ0) is 25.4. The van der Waals surface area contributed by atoms with Gasteiger partial charge in [-0.15, -0.1) is 0 Å². The Morgan fingerprint density at radius 2 is 1.89 bits per heavy atom. The molecule has 1 fully saturated rings. The number of benzene rings is 2. The van der Waals surface area contributed by atoms with Gasteiger partial charge in [0.25, 0.3) is 0 Å². The molecule has 1 N–H and O–H groups in total. The van der Waals surface area contributed by atoms with E-state index in [-0.39, 0.29) is 18.6 Å². The van der Waals surface area contributed by atoms with Gasteiger partial charge in [-0.1, -0.05) is 40.9 Å². The number of hydrogen-bond acceptors (Lipinski definition) is 6. The Morgan fingerprint density at radius 3 is 2.58 bits per heavy atom. The van der Waals surface area contributed by atoms with Gasteiger partial charge in [-0.2, -0.15) is 4.98 Å². The number of ether oxygens (including phenoxy) is 2. The molecule has 5 rings (SSSR count). The molecule has 186 valence electrons. The van der Waals surface area contributed by atoms with Gasteiger partial charge in [-0.05, 0) is 55.7 Å². The summed E-state index contributed by atoms with van der Waals surface area (Å²) in [4.78, 5) is 24.5. The molecular formula is C25H21Cl3N4O4. The van der Waals surface area contributed by atoms with Gasteiger partial charge in [0.05, 0.1) is 34.6 Å². The third-order valence-electron chi connectivity index (χ3n) is 5.89. The predicted molar refractivity (Wildman–Crippen MR) is 137 cm³/mol. The van der Waals surface area contributed by atoms with Crippen molar-refractivity contribution in [1.82, 2.24) is 19.5 Å². The van der Waals surface area contributed by atoms with Gasteiger partial charge in [0, 0.05) is 5.56 Å². The van der Waals surface area contributed by atoms with Crippen LogP contribution >= 0.6 is 34.8 Å². The van der Waals surface area contributed by atoms with Crippen LogP contribution in [0.4, 0.5) is 0 Å². The predicted octanol–water partition coefficient (Wildman–Crippen LogP) is 6.29. The smallest absolute Gasteiger partial charge is 0.306 e. The first-order valence-corrected chi connectivity index (χ1v) is 12.3. The number of nitrogens with zero attached hydrogens (tertiary/aromatic N) is 4. The van der Waals surface area contributed by atoms with Crippen LogP contribution < -0.4 is 9.47 Å². The molecule has 0 bridgehead atoms. The molecule has 0 amide bonds. The van der Waals surface area contributed by atoms with Crippen molar-refractivity contribution in [2.24, 2.45) is 0 Å². The van der Waals surface area contributed by atoms with Gasteiger partial charge in [0.15, 0.2) is 11.2 Å². The van der Waals surface area contributed by atoms with E-state index in [1.54, 1.807) is 30.3 Å². The van der Waals surface area contributed by atoms with Crippen molar-refractivity contribution in [3.05, 3.63) is 63.4 Å². The fourth-order valence-corrected chi connectivity index (χ4v) is 4.28. The second kappa shape index (κ2) is 9.76. The molecule has 1 aliphatic rings. The van der Waals surface area contributed by atoms with Crippen molar-refractivity contribution in [1.29, 1.82) is 0 Å².